The van der Waals surface area contributed by atoms with E-state index in [1.807, 2.05) is 0 Å². The average Bonchev–Trinajstić information content (AvgIpc) is 2.45. The van der Waals surface area contributed by atoms with Crippen LogP contribution in [0.25, 0.3) is 0 Å². The van der Waals surface area contributed by atoms with Gasteiger partial charge in [0.15, 0.2) is 0 Å². The summed E-state index contributed by atoms with van der Waals surface area (Å²) >= 11 is 0.536. The van der Waals surface area contributed by atoms with E-state index in [0.717, 1.165) is 0 Å². The Bertz CT molecular complexity index is 355. The van der Waals surface area contributed by atoms with Crippen molar-refractivity contribution >= 4 is 25.6 Å². The summed E-state index contributed by atoms with van der Waals surface area (Å²) in [5.41, 5.74) is 0. The van der Waals surface area contributed by atoms with Crippen LogP contribution in [0.5, 0.6) is 0 Å². The summed E-state index contributed by atoms with van der Waals surface area (Å²) in [5, 5.41) is 0. The van der Waals surface area contributed by atoms with Crippen molar-refractivity contribution in [2.75, 3.05) is 0 Å². The Labute approximate surface area is 117 Å². The van der Waals surface area contributed by atoms with E-state index in [0.29, 0.717) is 25.8 Å². The Kier molecular flexibility index (Phi) is 5.96. The average molecular weight is 308 g/mol. The van der Waals surface area contributed by atoms with Gasteiger partial charge in [0, 0.05) is 0 Å². The predicted molar refractivity (Wildman–Crippen MR) is 81.2 cm³/mol. The minimum absolute atomic E-state index is 0.536. The first-order chi connectivity index (χ1) is 8.88. The van der Waals surface area contributed by atoms with Crippen LogP contribution in [0, 0.1) is 0 Å². The molecule has 1 unspecified atom stereocenters. The van der Waals surface area contributed by atoms with Crippen LogP contribution in [0.3, 0.4) is 0 Å². The molecule has 0 spiro atoms. The van der Waals surface area contributed by atoms with Gasteiger partial charge in [-0.15, -0.1) is 0 Å². The van der Waals surface area contributed by atoms with Crippen LogP contribution in [0.2, 0.25) is 4.82 Å². The van der Waals surface area contributed by atoms with Crippen molar-refractivity contribution < 1.29 is 0 Å². The summed E-state index contributed by atoms with van der Waals surface area (Å²) in [6.45, 7) is 2.28. The van der Waals surface area contributed by atoms with Gasteiger partial charge in [0.25, 0.3) is 0 Å². The molecule has 2 rings (SSSR count). The fraction of sp³-hybridized carbons (Fsp3) is 0.562. The summed E-state index contributed by atoms with van der Waals surface area (Å²) < 4.78 is 1.49. The number of aliphatic imine (C=N–C) groups is 1. The normalized spacial score (nSPS) is 19.2. The Morgan fingerprint density at radius 2 is 1.94 bits per heavy atom. The van der Waals surface area contributed by atoms with Crippen molar-refractivity contribution in [2.24, 2.45) is 4.99 Å². The van der Waals surface area contributed by atoms with Gasteiger partial charge in [0.1, 0.15) is 0 Å². The zero-order valence-electron chi connectivity index (χ0n) is 11.2. The molecule has 1 atom stereocenters. The van der Waals surface area contributed by atoms with Gasteiger partial charge in [-0.1, -0.05) is 0 Å². The topological polar surface area (TPSA) is 12.4 Å². The molecule has 0 saturated heterocycles. The number of benzene rings is 1. The molecule has 0 bridgehead atoms. The van der Waals surface area contributed by atoms with E-state index in [4.69, 9.17) is 4.99 Å². The maximum absolute atomic E-state index is 4.84. The van der Waals surface area contributed by atoms with Crippen LogP contribution in [0.4, 0.5) is 0 Å². The number of rotatable bonds is 5. The molecular formula is C16H23NSe. The summed E-state index contributed by atoms with van der Waals surface area (Å²) in [5.74, 6) is 0. The van der Waals surface area contributed by atoms with E-state index in [-0.39, 0.29) is 0 Å². The Morgan fingerprint density at radius 1 is 1.22 bits per heavy atom. The molecule has 0 amide bonds. The van der Waals surface area contributed by atoms with Gasteiger partial charge >= 0.3 is 117 Å². The first kappa shape index (κ1) is 13.8. The molecule has 0 aromatic heterocycles. The third kappa shape index (κ3) is 4.59. The van der Waals surface area contributed by atoms with Gasteiger partial charge in [0.2, 0.25) is 0 Å². The van der Waals surface area contributed by atoms with E-state index in [9.17, 15) is 0 Å². The molecule has 98 valence electrons. The molecular weight excluding hydrogens is 285 g/mol. The molecule has 0 N–H and O–H groups in total. The third-order valence-corrected chi connectivity index (χ3v) is 6.20. The molecule has 1 fully saturated rings. The van der Waals surface area contributed by atoms with Crippen LogP contribution in [-0.4, -0.2) is 27.2 Å². The van der Waals surface area contributed by atoms with Crippen molar-refractivity contribution in [2.45, 2.75) is 56.3 Å². The molecule has 1 nitrogen and oxygen atoms in total. The zero-order valence-corrected chi connectivity index (χ0v) is 12.9. The number of nitrogens with zero attached hydrogens (tertiary/aromatic N) is 1. The predicted octanol–water partition coefficient (Wildman–Crippen LogP) is 3.62. The first-order valence-corrected chi connectivity index (χ1v) is 8.98. The van der Waals surface area contributed by atoms with Crippen LogP contribution < -0.4 is 4.46 Å². The SMILES string of the molecule is CCC(C=NC1CCCCC1)[Se]c1ccccc1. The van der Waals surface area contributed by atoms with E-state index < -0.39 is 0 Å². The molecule has 0 heterocycles. The molecule has 1 aromatic rings. The van der Waals surface area contributed by atoms with Crippen molar-refractivity contribution in [3.8, 4) is 0 Å². The molecule has 2 heteroatoms. The Balaban J connectivity index is 1.86. The Hall–Kier alpha value is -0.591. The second kappa shape index (κ2) is 7.76. The van der Waals surface area contributed by atoms with E-state index in [2.05, 4.69) is 43.5 Å². The van der Waals surface area contributed by atoms with Crippen LogP contribution in [0.15, 0.2) is 35.3 Å². The fourth-order valence-electron chi connectivity index (χ4n) is 2.34. The molecule has 1 saturated carbocycles. The number of hydrogen-bond acceptors (Lipinski definition) is 1. The minimum atomic E-state index is 0.536. The van der Waals surface area contributed by atoms with E-state index in [1.54, 1.807) is 0 Å². The van der Waals surface area contributed by atoms with Crippen molar-refractivity contribution in [3.63, 3.8) is 0 Å². The maximum atomic E-state index is 4.84. The van der Waals surface area contributed by atoms with Crippen molar-refractivity contribution in [1.82, 2.24) is 0 Å². The molecule has 0 radical (unpaired) electrons. The fourth-order valence-corrected chi connectivity index (χ4v) is 4.36. The summed E-state index contributed by atoms with van der Waals surface area (Å²) in [6.07, 6.45) is 10.3. The zero-order chi connectivity index (χ0) is 12.6. The van der Waals surface area contributed by atoms with Gasteiger partial charge in [-0.2, -0.15) is 0 Å². The van der Waals surface area contributed by atoms with Gasteiger partial charge in [-0.25, -0.2) is 0 Å². The van der Waals surface area contributed by atoms with Gasteiger partial charge in [-0.3, -0.25) is 0 Å². The van der Waals surface area contributed by atoms with Crippen molar-refractivity contribution in [3.05, 3.63) is 30.3 Å². The summed E-state index contributed by atoms with van der Waals surface area (Å²) in [6, 6.07) is 11.5. The van der Waals surface area contributed by atoms with E-state index >= 15 is 0 Å². The summed E-state index contributed by atoms with van der Waals surface area (Å²) in [4.78, 5) is 5.51. The van der Waals surface area contributed by atoms with E-state index in [1.165, 1.54) is 43.0 Å². The first-order valence-electron chi connectivity index (χ1n) is 7.13. The molecule has 0 aliphatic heterocycles. The van der Waals surface area contributed by atoms with Crippen LogP contribution in [0.1, 0.15) is 45.4 Å². The molecule has 1 aromatic carbocycles. The van der Waals surface area contributed by atoms with Gasteiger partial charge in [0.05, 0.1) is 0 Å². The quantitative estimate of drug-likeness (QED) is 0.582. The van der Waals surface area contributed by atoms with Gasteiger partial charge < -0.3 is 0 Å². The van der Waals surface area contributed by atoms with Crippen molar-refractivity contribution in [1.29, 1.82) is 0 Å². The van der Waals surface area contributed by atoms with Crippen LogP contribution >= 0.6 is 0 Å². The van der Waals surface area contributed by atoms with Gasteiger partial charge in [-0.05, 0) is 0 Å². The number of hydrogen-bond donors (Lipinski definition) is 0. The second-order valence-electron chi connectivity index (χ2n) is 4.97. The molecule has 1 aliphatic carbocycles. The monoisotopic (exact) mass is 309 g/mol. The Morgan fingerprint density at radius 3 is 2.61 bits per heavy atom. The second-order valence-corrected chi connectivity index (χ2v) is 7.72. The molecule has 18 heavy (non-hydrogen) atoms. The molecule has 1 aliphatic rings. The third-order valence-electron chi connectivity index (χ3n) is 3.47. The summed E-state index contributed by atoms with van der Waals surface area (Å²) in [7, 11) is 0. The standard InChI is InChI=1S/C16H23NSe/c1-2-15(18-16-11-7-4-8-12-16)13-17-14-9-5-3-6-10-14/h4,7-8,11-15H,2-3,5-6,9-10H2,1H3. The van der Waals surface area contributed by atoms with Crippen LogP contribution in [-0.2, 0) is 0 Å².